The second-order valence-electron chi connectivity index (χ2n) is 6.47. The lowest BCUT2D eigenvalue weighted by Gasteiger charge is -2.37. The van der Waals surface area contributed by atoms with Crippen LogP contribution in [-0.4, -0.2) is 42.5 Å². The van der Waals surface area contributed by atoms with Crippen molar-refractivity contribution in [3.63, 3.8) is 0 Å². The Labute approximate surface area is 147 Å². The first-order valence-electron chi connectivity index (χ1n) is 8.45. The van der Waals surface area contributed by atoms with Crippen molar-refractivity contribution in [2.45, 2.75) is 50.7 Å². The molecule has 2 fully saturated rings. The highest BCUT2D eigenvalue weighted by Gasteiger charge is 2.34. The lowest BCUT2D eigenvalue weighted by molar-refractivity contribution is -0.117. The van der Waals surface area contributed by atoms with Crippen molar-refractivity contribution in [1.82, 2.24) is 4.90 Å². The Balaban J connectivity index is 1.56. The van der Waals surface area contributed by atoms with E-state index in [0.29, 0.717) is 41.4 Å². The smallest absolute Gasteiger partial charge is 0.148 e. The number of hydrogen-bond acceptors (Lipinski definition) is 3. The highest BCUT2D eigenvalue weighted by molar-refractivity contribution is 6.35. The van der Waals surface area contributed by atoms with Gasteiger partial charge in [0.1, 0.15) is 5.78 Å². The maximum atomic E-state index is 11.6. The van der Waals surface area contributed by atoms with Gasteiger partial charge in [0.15, 0.2) is 0 Å². The number of carbonyl (C=O) groups is 1. The van der Waals surface area contributed by atoms with E-state index in [-0.39, 0.29) is 6.10 Å². The molecule has 1 unspecified atom stereocenters. The minimum absolute atomic E-state index is 0.218. The topological polar surface area (TPSA) is 29.5 Å². The number of ether oxygens (including phenoxy) is 1. The predicted molar refractivity (Wildman–Crippen MR) is 93.4 cm³/mol. The Morgan fingerprint density at radius 1 is 1.17 bits per heavy atom. The van der Waals surface area contributed by atoms with Crippen LogP contribution in [0.1, 0.15) is 37.7 Å². The quantitative estimate of drug-likeness (QED) is 0.794. The summed E-state index contributed by atoms with van der Waals surface area (Å²) in [5.74, 6) is 0.358. The van der Waals surface area contributed by atoms with Gasteiger partial charge in [-0.3, -0.25) is 9.69 Å². The van der Waals surface area contributed by atoms with Gasteiger partial charge in [0.2, 0.25) is 0 Å². The monoisotopic (exact) mass is 355 g/mol. The molecule has 5 heteroatoms. The predicted octanol–water partition coefficient (Wildman–Crippen LogP) is 4.14. The Bertz CT molecular complexity index is 544. The second-order valence-corrected chi connectivity index (χ2v) is 7.28. The molecule has 0 aromatic heterocycles. The first-order chi connectivity index (χ1) is 11.1. The van der Waals surface area contributed by atoms with Crippen molar-refractivity contribution in [2.24, 2.45) is 0 Å². The van der Waals surface area contributed by atoms with Gasteiger partial charge >= 0.3 is 0 Å². The van der Waals surface area contributed by atoms with Gasteiger partial charge in [0.25, 0.3) is 0 Å². The van der Waals surface area contributed by atoms with Crippen LogP contribution in [0.15, 0.2) is 18.2 Å². The third-order valence-corrected chi connectivity index (χ3v) is 5.65. The van der Waals surface area contributed by atoms with E-state index in [1.807, 2.05) is 18.2 Å². The van der Waals surface area contributed by atoms with Gasteiger partial charge in [-0.2, -0.15) is 0 Å². The molecule has 0 N–H and O–H groups in total. The molecule has 0 radical (unpaired) electrons. The van der Waals surface area contributed by atoms with E-state index in [0.717, 1.165) is 31.4 Å². The van der Waals surface area contributed by atoms with Crippen LogP contribution in [0.5, 0.6) is 0 Å². The van der Waals surface area contributed by atoms with Crippen molar-refractivity contribution in [3.05, 3.63) is 33.8 Å². The number of ketones is 1. The fourth-order valence-electron chi connectivity index (χ4n) is 3.71. The van der Waals surface area contributed by atoms with Gasteiger partial charge in [-0.1, -0.05) is 42.1 Å². The summed E-state index contributed by atoms with van der Waals surface area (Å²) < 4.78 is 6.19. The fraction of sp³-hybridized carbons (Fsp3) is 0.611. The van der Waals surface area contributed by atoms with Crippen molar-refractivity contribution < 1.29 is 9.53 Å². The molecule has 23 heavy (non-hydrogen) atoms. The number of likely N-dealkylation sites (tertiary alicyclic amines) is 1. The Morgan fingerprint density at radius 2 is 1.91 bits per heavy atom. The van der Waals surface area contributed by atoms with Gasteiger partial charge < -0.3 is 4.74 Å². The number of benzene rings is 1. The normalized spacial score (nSPS) is 25.9. The number of nitrogens with zero attached hydrogens (tertiary/aromatic N) is 1. The standard InChI is InChI=1S/C18H23Cl2NO2/c19-15-4-3-5-16(20)14(15)9-11-23-18-7-2-1-6-17(18)21-10-8-13(22)12-21/h3-5,17-18H,1-2,6-12H2/t17?,18-/m0/s1. The molecule has 0 amide bonds. The second kappa shape index (κ2) is 7.98. The third-order valence-electron chi connectivity index (χ3n) is 4.94. The molecule has 1 saturated heterocycles. The Morgan fingerprint density at radius 3 is 2.61 bits per heavy atom. The first-order valence-corrected chi connectivity index (χ1v) is 9.21. The molecular formula is C18H23Cl2NO2. The third kappa shape index (κ3) is 4.27. The number of hydrogen-bond donors (Lipinski definition) is 0. The van der Waals surface area contributed by atoms with E-state index in [4.69, 9.17) is 27.9 Å². The van der Waals surface area contributed by atoms with E-state index in [9.17, 15) is 4.79 Å². The van der Waals surface area contributed by atoms with Crippen LogP contribution in [0.4, 0.5) is 0 Å². The Hall–Kier alpha value is -0.610. The summed E-state index contributed by atoms with van der Waals surface area (Å²) in [6.07, 6.45) is 6.27. The summed E-state index contributed by atoms with van der Waals surface area (Å²) in [6, 6.07) is 5.97. The van der Waals surface area contributed by atoms with Crippen LogP contribution >= 0.6 is 23.2 Å². The number of carbonyl (C=O) groups excluding carboxylic acids is 1. The highest BCUT2D eigenvalue weighted by Crippen LogP contribution is 2.29. The molecule has 1 heterocycles. The molecule has 1 aromatic carbocycles. The molecule has 1 aliphatic carbocycles. The lowest BCUT2D eigenvalue weighted by atomic mass is 9.91. The molecule has 0 spiro atoms. The summed E-state index contributed by atoms with van der Waals surface area (Å²) in [5, 5.41) is 1.40. The largest absolute Gasteiger partial charge is 0.376 e. The van der Waals surface area contributed by atoms with E-state index in [2.05, 4.69) is 4.90 Å². The number of halogens is 2. The van der Waals surface area contributed by atoms with E-state index >= 15 is 0 Å². The summed E-state index contributed by atoms with van der Waals surface area (Å²) >= 11 is 12.4. The SMILES string of the molecule is O=C1CCN(C2CCCC[C@@H]2OCCc2c(Cl)cccc2Cl)C1. The van der Waals surface area contributed by atoms with E-state index in [1.165, 1.54) is 12.8 Å². The lowest BCUT2D eigenvalue weighted by Crippen LogP contribution is -2.45. The average Bonchev–Trinajstić information content (AvgIpc) is 2.97. The zero-order valence-corrected chi connectivity index (χ0v) is 14.8. The molecule has 2 aliphatic rings. The van der Waals surface area contributed by atoms with E-state index in [1.54, 1.807) is 0 Å². The minimum atomic E-state index is 0.218. The molecular weight excluding hydrogens is 333 g/mol. The van der Waals surface area contributed by atoms with E-state index < -0.39 is 0 Å². The molecule has 1 aromatic rings. The summed E-state index contributed by atoms with van der Waals surface area (Å²) in [4.78, 5) is 13.9. The van der Waals surface area contributed by atoms with Gasteiger partial charge in [0, 0.05) is 29.1 Å². The van der Waals surface area contributed by atoms with Gasteiger partial charge in [-0.15, -0.1) is 0 Å². The molecule has 126 valence electrons. The van der Waals surface area contributed by atoms with Crippen molar-refractivity contribution >= 4 is 29.0 Å². The maximum Gasteiger partial charge on any atom is 0.148 e. The van der Waals surface area contributed by atoms with Crippen LogP contribution in [0, 0.1) is 0 Å². The van der Waals surface area contributed by atoms with Crippen molar-refractivity contribution in [1.29, 1.82) is 0 Å². The van der Waals surface area contributed by atoms with Crippen molar-refractivity contribution in [3.8, 4) is 0 Å². The average molecular weight is 356 g/mol. The first kappa shape index (κ1) is 17.2. The summed E-state index contributed by atoms with van der Waals surface area (Å²) in [7, 11) is 0. The van der Waals surface area contributed by atoms with Crippen LogP contribution in [0.3, 0.4) is 0 Å². The number of Topliss-reactive ketones (excluding diaryl/α,β-unsaturated/α-hetero) is 1. The Kier molecular flexibility index (Phi) is 5.97. The van der Waals surface area contributed by atoms with Gasteiger partial charge in [-0.25, -0.2) is 0 Å². The molecule has 2 atom stereocenters. The molecule has 1 aliphatic heterocycles. The van der Waals surface area contributed by atoms with Gasteiger partial charge in [-0.05, 0) is 37.0 Å². The maximum absolute atomic E-state index is 11.6. The van der Waals surface area contributed by atoms with Crippen LogP contribution in [0.2, 0.25) is 10.0 Å². The minimum Gasteiger partial charge on any atom is -0.376 e. The molecule has 1 saturated carbocycles. The zero-order valence-electron chi connectivity index (χ0n) is 13.3. The summed E-state index contributed by atoms with van der Waals surface area (Å²) in [6.45, 7) is 2.10. The number of rotatable bonds is 5. The fourth-order valence-corrected chi connectivity index (χ4v) is 4.30. The zero-order chi connectivity index (χ0) is 16.2. The van der Waals surface area contributed by atoms with Crippen LogP contribution in [0.25, 0.3) is 0 Å². The van der Waals surface area contributed by atoms with Crippen molar-refractivity contribution in [2.75, 3.05) is 19.7 Å². The molecule has 0 bridgehead atoms. The molecule has 3 nitrogen and oxygen atoms in total. The van der Waals surface area contributed by atoms with Crippen LogP contribution < -0.4 is 0 Å². The summed E-state index contributed by atoms with van der Waals surface area (Å²) in [5.41, 5.74) is 0.958. The van der Waals surface area contributed by atoms with Crippen LogP contribution in [-0.2, 0) is 16.0 Å². The highest BCUT2D eigenvalue weighted by atomic mass is 35.5. The van der Waals surface area contributed by atoms with Gasteiger partial charge in [0.05, 0.1) is 19.3 Å². The molecule has 3 rings (SSSR count).